The molecule has 0 atom stereocenters. The average Bonchev–Trinajstić information content (AvgIpc) is 2.38. The standard InChI is InChI=1S/C14H23NO4/c1-6-10-14(11-7-2,12(16)18-8-3)15(5)13(17)19-9-4/h6-7H,1-2,8-11H2,3-5H3. The van der Waals surface area contributed by atoms with Crippen molar-refractivity contribution < 1.29 is 19.1 Å². The lowest BCUT2D eigenvalue weighted by molar-refractivity contribution is -0.156. The number of amides is 1. The summed E-state index contributed by atoms with van der Waals surface area (Å²) in [4.78, 5) is 25.4. The minimum absolute atomic E-state index is 0.240. The van der Waals surface area contributed by atoms with Crippen molar-refractivity contribution in [3.05, 3.63) is 25.3 Å². The lowest BCUT2D eigenvalue weighted by Gasteiger charge is -2.37. The summed E-state index contributed by atoms with van der Waals surface area (Å²) in [6, 6.07) is 0. The van der Waals surface area contributed by atoms with Gasteiger partial charge in [-0.1, -0.05) is 12.2 Å². The van der Waals surface area contributed by atoms with Gasteiger partial charge in [0, 0.05) is 7.05 Å². The predicted octanol–water partition coefficient (Wildman–Crippen LogP) is 2.53. The zero-order valence-corrected chi connectivity index (χ0v) is 12.0. The van der Waals surface area contributed by atoms with Gasteiger partial charge in [-0.3, -0.25) is 4.90 Å². The fourth-order valence-electron chi connectivity index (χ4n) is 1.80. The smallest absolute Gasteiger partial charge is 0.410 e. The van der Waals surface area contributed by atoms with E-state index in [0.29, 0.717) is 0 Å². The summed E-state index contributed by atoms with van der Waals surface area (Å²) in [5, 5.41) is 0. The van der Waals surface area contributed by atoms with E-state index >= 15 is 0 Å². The molecule has 5 nitrogen and oxygen atoms in total. The van der Waals surface area contributed by atoms with Gasteiger partial charge in [-0.15, -0.1) is 13.2 Å². The second-order valence-electron chi connectivity index (χ2n) is 4.00. The molecule has 1 amide bonds. The minimum atomic E-state index is -1.15. The molecule has 0 aliphatic rings. The van der Waals surface area contributed by atoms with Gasteiger partial charge < -0.3 is 9.47 Å². The van der Waals surface area contributed by atoms with Crippen molar-refractivity contribution in [3.63, 3.8) is 0 Å². The second-order valence-corrected chi connectivity index (χ2v) is 4.00. The van der Waals surface area contributed by atoms with Gasteiger partial charge in [0.2, 0.25) is 0 Å². The summed E-state index contributed by atoms with van der Waals surface area (Å²) < 4.78 is 10.0. The first kappa shape index (κ1) is 17.2. The third-order valence-corrected chi connectivity index (χ3v) is 2.80. The van der Waals surface area contributed by atoms with Gasteiger partial charge in [0.1, 0.15) is 5.54 Å². The van der Waals surface area contributed by atoms with Gasteiger partial charge in [0.25, 0.3) is 0 Å². The number of nitrogens with zero attached hydrogens (tertiary/aromatic N) is 1. The Labute approximate surface area is 114 Å². The molecule has 0 radical (unpaired) electrons. The molecule has 108 valence electrons. The Balaban J connectivity index is 5.41. The molecule has 0 unspecified atom stereocenters. The van der Waals surface area contributed by atoms with Crippen molar-refractivity contribution in [1.29, 1.82) is 0 Å². The summed E-state index contributed by atoms with van der Waals surface area (Å²) in [6.45, 7) is 11.2. The summed E-state index contributed by atoms with van der Waals surface area (Å²) in [5.74, 6) is -0.481. The molecule has 0 heterocycles. The molecule has 5 heteroatoms. The molecule has 0 fully saturated rings. The fourth-order valence-corrected chi connectivity index (χ4v) is 1.80. The Bertz CT molecular complexity index is 328. The zero-order chi connectivity index (χ0) is 14.9. The van der Waals surface area contributed by atoms with E-state index in [2.05, 4.69) is 13.2 Å². The van der Waals surface area contributed by atoms with Crippen LogP contribution in [0.15, 0.2) is 25.3 Å². The number of carbonyl (C=O) groups excluding carboxylic acids is 2. The lowest BCUT2D eigenvalue weighted by atomic mass is 9.89. The number of rotatable bonds is 8. The minimum Gasteiger partial charge on any atom is -0.464 e. The molecule has 0 bridgehead atoms. The first-order valence-corrected chi connectivity index (χ1v) is 6.29. The molecule has 0 aromatic rings. The number of carbonyl (C=O) groups is 2. The van der Waals surface area contributed by atoms with Gasteiger partial charge in [0.15, 0.2) is 0 Å². The van der Waals surface area contributed by atoms with E-state index in [0.717, 1.165) is 0 Å². The van der Waals surface area contributed by atoms with Crippen LogP contribution in [0.4, 0.5) is 4.79 Å². The van der Waals surface area contributed by atoms with E-state index in [1.165, 1.54) is 11.9 Å². The normalized spacial score (nSPS) is 10.5. The number of esters is 1. The van der Waals surface area contributed by atoms with Gasteiger partial charge in [-0.25, -0.2) is 9.59 Å². The molecule has 0 aliphatic heterocycles. The van der Waals surface area contributed by atoms with Gasteiger partial charge in [-0.05, 0) is 26.7 Å². The largest absolute Gasteiger partial charge is 0.464 e. The van der Waals surface area contributed by atoms with Crippen LogP contribution in [-0.2, 0) is 14.3 Å². The van der Waals surface area contributed by atoms with Crippen LogP contribution in [0.5, 0.6) is 0 Å². The van der Waals surface area contributed by atoms with Crippen LogP contribution in [-0.4, -0.2) is 42.8 Å². The monoisotopic (exact) mass is 269 g/mol. The van der Waals surface area contributed by atoms with Gasteiger partial charge in [0.05, 0.1) is 13.2 Å². The van der Waals surface area contributed by atoms with E-state index < -0.39 is 17.6 Å². The van der Waals surface area contributed by atoms with Crippen molar-refractivity contribution in [2.45, 2.75) is 32.2 Å². The Hall–Kier alpha value is -1.78. The Morgan fingerprint density at radius 2 is 1.58 bits per heavy atom. The van der Waals surface area contributed by atoms with Crippen LogP contribution in [0.1, 0.15) is 26.7 Å². The molecule has 19 heavy (non-hydrogen) atoms. The summed E-state index contributed by atoms with van der Waals surface area (Å²) in [5.41, 5.74) is -1.15. The van der Waals surface area contributed by atoms with Crippen molar-refractivity contribution in [2.75, 3.05) is 20.3 Å². The van der Waals surface area contributed by atoms with E-state index in [1.807, 2.05) is 0 Å². The molecular formula is C14H23NO4. The third kappa shape index (κ3) is 4.12. The maximum atomic E-state index is 12.2. The van der Waals surface area contributed by atoms with Crippen molar-refractivity contribution in [1.82, 2.24) is 4.90 Å². The second kappa shape index (κ2) is 8.34. The first-order valence-electron chi connectivity index (χ1n) is 6.29. The average molecular weight is 269 g/mol. The molecule has 0 rings (SSSR count). The molecular weight excluding hydrogens is 246 g/mol. The van der Waals surface area contributed by atoms with Crippen molar-refractivity contribution >= 4 is 12.1 Å². The Morgan fingerprint density at radius 3 is 1.95 bits per heavy atom. The maximum Gasteiger partial charge on any atom is 0.410 e. The molecule has 0 aromatic heterocycles. The highest BCUT2D eigenvalue weighted by Crippen LogP contribution is 2.27. The highest BCUT2D eigenvalue weighted by Gasteiger charge is 2.44. The predicted molar refractivity (Wildman–Crippen MR) is 73.8 cm³/mol. The maximum absolute atomic E-state index is 12.2. The third-order valence-electron chi connectivity index (χ3n) is 2.80. The van der Waals surface area contributed by atoms with Crippen LogP contribution in [0.25, 0.3) is 0 Å². The zero-order valence-electron chi connectivity index (χ0n) is 12.0. The molecule has 0 aliphatic carbocycles. The Morgan fingerprint density at radius 1 is 1.11 bits per heavy atom. The first-order chi connectivity index (χ1) is 8.99. The summed E-state index contributed by atoms with van der Waals surface area (Å²) in [7, 11) is 1.52. The van der Waals surface area contributed by atoms with Crippen LogP contribution in [0.3, 0.4) is 0 Å². The molecule has 0 spiro atoms. The highest BCUT2D eigenvalue weighted by molar-refractivity contribution is 5.86. The summed E-state index contributed by atoms with van der Waals surface area (Å²) in [6.07, 6.45) is 3.13. The molecule has 0 N–H and O–H groups in total. The van der Waals surface area contributed by atoms with Gasteiger partial charge in [-0.2, -0.15) is 0 Å². The molecule has 0 saturated heterocycles. The summed E-state index contributed by atoms with van der Waals surface area (Å²) >= 11 is 0. The SMILES string of the molecule is C=CCC(CC=C)(C(=O)OCC)N(C)C(=O)OCC. The van der Waals surface area contributed by atoms with Crippen molar-refractivity contribution in [2.24, 2.45) is 0 Å². The molecule has 0 aromatic carbocycles. The Kier molecular flexibility index (Phi) is 7.56. The van der Waals surface area contributed by atoms with E-state index in [1.54, 1.807) is 26.0 Å². The lowest BCUT2D eigenvalue weighted by Crippen LogP contribution is -2.55. The number of ether oxygens (including phenoxy) is 2. The van der Waals surface area contributed by atoms with E-state index in [9.17, 15) is 9.59 Å². The van der Waals surface area contributed by atoms with E-state index in [4.69, 9.17) is 9.47 Å². The quantitative estimate of drug-likeness (QED) is 0.502. The number of likely N-dealkylation sites (N-methyl/N-ethyl adjacent to an activating group) is 1. The topological polar surface area (TPSA) is 55.8 Å². The van der Waals surface area contributed by atoms with Crippen LogP contribution < -0.4 is 0 Å². The number of hydrogen-bond donors (Lipinski definition) is 0. The fraction of sp³-hybridized carbons (Fsp3) is 0.571. The van der Waals surface area contributed by atoms with Crippen LogP contribution >= 0.6 is 0 Å². The molecule has 0 saturated carbocycles. The highest BCUT2D eigenvalue weighted by atomic mass is 16.6. The van der Waals surface area contributed by atoms with Crippen molar-refractivity contribution in [3.8, 4) is 0 Å². The van der Waals surface area contributed by atoms with Crippen LogP contribution in [0.2, 0.25) is 0 Å². The van der Waals surface area contributed by atoms with Gasteiger partial charge >= 0.3 is 12.1 Å². The number of hydrogen-bond acceptors (Lipinski definition) is 4. The van der Waals surface area contributed by atoms with Crippen LogP contribution in [0, 0.1) is 0 Å². The van der Waals surface area contributed by atoms with E-state index in [-0.39, 0.29) is 26.1 Å².